The number of imidazole rings is 1. The predicted octanol–water partition coefficient (Wildman–Crippen LogP) is 15.6. The van der Waals surface area contributed by atoms with Crippen LogP contribution in [0.3, 0.4) is 0 Å². The Bertz CT molecular complexity index is 2910. The van der Waals surface area contributed by atoms with E-state index in [1.54, 1.807) is 15.7 Å². The first-order chi connectivity index (χ1) is 29.9. The van der Waals surface area contributed by atoms with E-state index in [0.717, 1.165) is 40.1 Å². The van der Waals surface area contributed by atoms with Gasteiger partial charge in [0.15, 0.2) is 0 Å². The van der Waals surface area contributed by atoms with Gasteiger partial charge in [0.1, 0.15) is 0 Å². The van der Waals surface area contributed by atoms with E-state index in [0.29, 0.717) is 17.8 Å². The summed E-state index contributed by atoms with van der Waals surface area (Å²) in [5, 5.41) is 4.89. The van der Waals surface area contributed by atoms with E-state index in [9.17, 15) is 0 Å². The van der Waals surface area contributed by atoms with Crippen molar-refractivity contribution in [3.8, 4) is 50.6 Å². The second-order valence-corrected chi connectivity index (χ2v) is 29.8. The number of rotatable bonds is 10. The monoisotopic (exact) mass is 1080 g/mol. The van der Waals surface area contributed by atoms with Crippen molar-refractivity contribution < 1.29 is 20.1 Å². The molecule has 6 aromatic carbocycles. The average molecular weight is 1080 g/mol. The second kappa shape index (κ2) is 19.9. The summed E-state index contributed by atoms with van der Waals surface area (Å²) < 4.78 is 5.20. The molecule has 0 unspecified atom stereocenters. The summed E-state index contributed by atoms with van der Waals surface area (Å²) in [4.78, 5) is 10.0. The fourth-order valence-electron chi connectivity index (χ4n) is 8.53. The molecule has 0 atom stereocenters. The van der Waals surface area contributed by atoms with Crippen molar-refractivity contribution in [2.24, 2.45) is 5.92 Å². The molecule has 0 saturated heterocycles. The molecule has 3 heterocycles. The van der Waals surface area contributed by atoms with E-state index in [4.69, 9.17) is 9.97 Å². The van der Waals surface area contributed by atoms with Crippen molar-refractivity contribution >= 4 is 50.1 Å². The van der Waals surface area contributed by atoms with Crippen LogP contribution in [0.2, 0.25) is 17.3 Å². The zero-order valence-corrected chi connectivity index (χ0v) is 43.3. The minimum absolute atomic E-state index is 0. The summed E-state index contributed by atoms with van der Waals surface area (Å²) in [5.74, 6) is 9.59. The summed E-state index contributed by atoms with van der Waals surface area (Å²) in [6, 6.07) is 54.9. The third kappa shape index (κ3) is 9.93. The summed E-state index contributed by atoms with van der Waals surface area (Å²) in [5.41, 5.74) is 15.7. The molecular formula is C57H57GeIrN3S-2. The molecule has 0 N–H and O–H groups in total. The van der Waals surface area contributed by atoms with Crippen LogP contribution < -0.4 is 4.40 Å². The largest absolute Gasteiger partial charge is 0.333 e. The van der Waals surface area contributed by atoms with Crippen molar-refractivity contribution in [3.05, 3.63) is 180 Å². The fraction of sp³-hybridized carbons (Fsp3) is 0.228. The van der Waals surface area contributed by atoms with Crippen molar-refractivity contribution in [2.75, 3.05) is 0 Å². The first kappa shape index (κ1) is 46.1. The first-order valence-electron chi connectivity index (χ1n) is 22.1. The summed E-state index contributed by atoms with van der Waals surface area (Å²) in [6.45, 7) is 13.8. The molecule has 6 heteroatoms. The van der Waals surface area contributed by atoms with Gasteiger partial charge in [-0.1, -0.05) is 134 Å². The molecular weight excluding hydrogens is 1020 g/mol. The molecule has 321 valence electrons. The minimum Gasteiger partial charge on any atom is -0.333 e. The molecule has 9 rings (SSSR count). The molecule has 0 spiro atoms. The summed E-state index contributed by atoms with van der Waals surface area (Å²) in [6.07, 6.45) is 3.27. The molecule has 0 fully saturated rings. The van der Waals surface area contributed by atoms with Gasteiger partial charge in [-0.25, -0.2) is 0 Å². The molecule has 0 saturated carbocycles. The van der Waals surface area contributed by atoms with Crippen LogP contribution >= 0.6 is 11.3 Å². The fourth-order valence-corrected chi connectivity index (χ4v) is 12.8. The number of nitrogens with zero attached hydrogens (tertiary/aromatic N) is 3. The average Bonchev–Trinajstić information content (AvgIpc) is 3.88. The van der Waals surface area contributed by atoms with E-state index in [2.05, 4.69) is 208 Å². The molecule has 0 aliphatic rings. The smallest absolute Gasteiger partial charge is 0.0774 e. The van der Waals surface area contributed by atoms with E-state index < -0.39 is 13.3 Å². The van der Waals surface area contributed by atoms with Gasteiger partial charge < -0.3 is 4.57 Å². The summed E-state index contributed by atoms with van der Waals surface area (Å²) >= 11 is -0.172. The number of hydrogen-bond acceptors (Lipinski definition) is 3. The van der Waals surface area contributed by atoms with Crippen LogP contribution in [0.25, 0.3) is 71.7 Å². The maximum absolute atomic E-state index is 5.30. The van der Waals surface area contributed by atoms with Gasteiger partial charge in [-0.05, 0) is 63.9 Å². The van der Waals surface area contributed by atoms with E-state index in [-0.39, 0.29) is 20.1 Å². The molecule has 0 amide bonds. The molecule has 0 aliphatic heterocycles. The van der Waals surface area contributed by atoms with Gasteiger partial charge in [-0.3, -0.25) is 16.3 Å². The standard InChI is InChI=1S/C39H33N2S.C18H24GeN.Ir/c1-25(2)32-22-29(27-14-7-5-8-15-27)23-33(26(3)4)37(32)41-36-21-12-11-20-35(36)40-39(41)34-24-42-38-30(18-13-19-31(34)38)28-16-9-6-10-17-28;1-14(2)11-16-12-18(15-9-7-6-8-10-15)20-13-17(16)19(3,4)5;/h5-23,25-26H,1-4H3;6-9,12-14H,11H2,1-5H3;/q2*-1;. The number of aromatic nitrogens is 3. The topological polar surface area (TPSA) is 30.7 Å². The molecule has 63 heavy (non-hydrogen) atoms. The van der Waals surface area contributed by atoms with Crippen LogP contribution in [0, 0.1) is 17.4 Å². The number of para-hydroxylation sites is 2. The SMILES string of the molecule is CC(C)Cc1cc(-c2[c-]cccc2)nc[c]1[Ge]([CH3])([CH3])[CH3].CC(C)c1cc(-c2ccccc2)cc(C(C)C)c1-n1c(-c2[c-]sc3c(-c4ccccc4)cccc23)nc2ccccc21.[Ir]. The molecule has 3 nitrogen and oxygen atoms in total. The van der Waals surface area contributed by atoms with Gasteiger partial charge in [-0.2, -0.15) is 0 Å². The third-order valence-electron chi connectivity index (χ3n) is 11.6. The van der Waals surface area contributed by atoms with Crippen molar-refractivity contribution in [1.82, 2.24) is 14.5 Å². The van der Waals surface area contributed by atoms with Crippen LogP contribution in [0.5, 0.6) is 0 Å². The molecule has 0 aliphatic carbocycles. The molecule has 9 aromatic rings. The van der Waals surface area contributed by atoms with Gasteiger partial charge >= 0.3 is 126 Å². The number of pyridine rings is 1. The molecule has 0 bridgehead atoms. The molecule has 3 aromatic heterocycles. The van der Waals surface area contributed by atoms with Crippen LogP contribution in [-0.2, 0) is 26.5 Å². The van der Waals surface area contributed by atoms with Crippen molar-refractivity contribution in [2.45, 2.75) is 77.1 Å². The summed E-state index contributed by atoms with van der Waals surface area (Å²) in [7, 11) is 0. The van der Waals surface area contributed by atoms with Crippen molar-refractivity contribution in [3.63, 3.8) is 0 Å². The van der Waals surface area contributed by atoms with E-state index >= 15 is 0 Å². The number of thiophene rings is 1. The Morgan fingerprint density at radius 2 is 1.30 bits per heavy atom. The van der Waals surface area contributed by atoms with Gasteiger partial charge in [0.25, 0.3) is 0 Å². The Labute approximate surface area is 395 Å². The number of fused-ring (bicyclic) bond motifs is 2. The quantitative estimate of drug-likeness (QED) is 0.101. The Hall–Kier alpha value is -4.91. The Balaban J connectivity index is 0.000000239. The minimum atomic E-state index is -1.86. The van der Waals surface area contributed by atoms with Gasteiger partial charge in [-0.15, -0.1) is 11.5 Å². The predicted molar refractivity (Wildman–Crippen MR) is 270 cm³/mol. The van der Waals surface area contributed by atoms with Crippen molar-refractivity contribution in [1.29, 1.82) is 0 Å². The normalized spacial score (nSPS) is 11.6. The first-order valence-corrected chi connectivity index (χ1v) is 30.2. The number of benzene rings is 6. The van der Waals surface area contributed by atoms with Gasteiger partial charge in [0, 0.05) is 25.8 Å². The molecule has 1 radical (unpaired) electrons. The number of hydrogen-bond donors (Lipinski definition) is 0. The second-order valence-electron chi connectivity index (χ2n) is 18.4. The zero-order chi connectivity index (χ0) is 43.5. The third-order valence-corrected chi connectivity index (χ3v) is 16.8. The van der Waals surface area contributed by atoms with Crippen LogP contribution in [0.4, 0.5) is 0 Å². The Morgan fingerprint density at radius 3 is 1.92 bits per heavy atom. The Kier molecular flexibility index (Phi) is 14.5. The maximum Gasteiger partial charge on any atom is 0.0774 e. The van der Waals surface area contributed by atoms with E-state index in [1.165, 1.54) is 54.7 Å². The zero-order valence-electron chi connectivity index (χ0n) is 38.0. The van der Waals surface area contributed by atoms with Crippen LogP contribution in [-0.4, -0.2) is 27.8 Å². The van der Waals surface area contributed by atoms with Gasteiger partial charge in [0.05, 0.1) is 16.9 Å². The Morgan fingerprint density at radius 1 is 0.667 bits per heavy atom. The van der Waals surface area contributed by atoms with E-state index in [1.807, 2.05) is 18.2 Å². The van der Waals surface area contributed by atoms with Crippen LogP contribution in [0.1, 0.15) is 70.1 Å². The van der Waals surface area contributed by atoms with Crippen LogP contribution in [0.15, 0.2) is 152 Å². The van der Waals surface area contributed by atoms with Gasteiger partial charge in [0.2, 0.25) is 0 Å². The maximum atomic E-state index is 5.30.